The summed E-state index contributed by atoms with van der Waals surface area (Å²) in [5.41, 5.74) is 4.20. The van der Waals surface area contributed by atoms with Crippen molar-refractivity contribution in [1.29, 1.82) is 0 Å². The van der Waals surface area contributed by atoms with Crippen LogP contribution in [0.15, 0.2) is 18.2 Å². The number of methoxy groups -OCH3 is 1. The Bertz CT molecular complexity index is 377. The third-order valence-electron chi connectivity index (χ3n) is 2.70. The third-order valence-corrected chi connectivity index (χ3v) is 2.70. The molecule has 0 heterocycles. The number of rotatable bonds is 4. The number of nitrogens with two attached hydrogens (primary N) is 1. The van der Waals surface area contributed by atoms with Crippen molar-refractivity contribution in [1.82, 2.24) is 5.43 Å². The molecule has 1 rings (SSSR count). The highest BCUT2D eigenvalue weighted by Gasteiger charge is 2.18. The summed E-state index contributed by atoms with van der Waals surface area (Å²) in [5, 5.41) is 0. The van der Waals surface area contributed by atoms with E-state index in [2.05, 4.69) is 12.3 Å². The molecular formula is C12H18N2O2. The maximum atomic E-state index is 11.5. The van der Waals surface area contributed by atoms with Crippen LogP contribution in [0.25, 0.3) is 0 Å². The van der Waals surface area contributed by atoms with Crippen LogP contribution in [0.5, 0.6) is 5.75 Å². The number of aryl methyl sites for hydroxylation is 1. The third kappa shape index (κ3) is 2.52. The summed E-state index contributed by atoms with van der Waals surface area (Å²) >= 11 is 0. The predicted octanol–water partition coefficient (Wildman–Crippen LogP) is 1.35. The summed E-state index contributed by atoms with van der Waals surface area (Å²) in [7, 11) is 1.59. The van der Waals surface area contributed by atoms with Gasteiger partial charge in [0.05, 0.1) is 13.0 Å². The minimum Gasteiger partial charge on any atom is -0.496 e. The summed E-state index contributed by atoms with van der Waals surface area (Å²) in [5.74, 6) is 5.32. The highest BCUT2D eigenvalue weighted by molar-refractivity contribution is 5.83. The van der Waals surface area contributed by atoms with Gasteiger partial charge in [0, 0.05) is 5.56 Å². The van der Waals surface area contributed by atoms with Crippen LogP contribution in [0.2, 0.25) is 0 Å². The molecule has 1 unspecified atom stereocenters. The Morgan fingerprint density at radius 2 is 2.25 bits per heavy atom. The van der Waals surface area contributed by atoms with Crippen molar-refractivity contribution in [2.24, 2.45) is 5.84 Å². The number of benzene rings is 1. The molecule has 0 aliphatic heterocycles. The molecule has 0 fully saturated rings. The van der Waals surface area contributed by atoms with Crippen molar-refractivity contribution in [3.8, 4) is 5.75 Å². The summed E-state index contributed by atoms with van der Waals surface area (Å²) in [4.78, 5) is 11.5. The van der Waals surface area contributed by atoms with Crippen molar-refractivity contribution >= 4 is 5.91 Å². The number of carbonyl (C=O) groups is 1. The second kappa shape index (κ2) is 5.51. The van der Waals surface area contributed by atoms with Crippen molar-refractivity contribution in [2.45, 2.75) is 26.2 Å². The molecule has 4 nitrogen and oxygen atoms in total. The first-order chi connectivity index (χ1) is 7.63. The molecule has 0 saturated carbocycles. The van der Waals surface area contributed by atoms with E-state index in [-0.39, 0.29) is 11.8 Å². The molecule has 1 amide bonds. The van der Waals surface area contributed by atoms with E-state index in [1.54, 1.807) is 14.0 Å². The van der Waals surface area contributed by atoms with E-state index >= 15 is 0 Å². The topological polar surface area (TPSA) is 64.3 Å². The van der Waals surface area contributed by atoms with Gasteiger partial charge in [0.15, 0.2) is 0 Å². The fourth-order valence-electron chi connectivity index (χ4n) is 1.61. The Labute approximate surface area is 95.8 Å². The van der Waals surface area contributed by atoms with Crippen LogP contribution in [0, 0.1) is 0 Å². The van der Waals surface area contributed by atoms with Crippen LogP contribution >= 0.6 is 0 Å². The molecule has 1 atom stereocenters. The number of ether oxygens (including phenoxy) is 1. The van der Waals surface area contributed by atoms with Gasteiger partial charge in [-0.05, 0) is 25.0 Å². The standard InChI is InChI=1S/C12H18N2O2/c1-4-9-5-6-11(16-3)10(7-9)8(2)12(15)14-13/h5-8H,4,13H2,1-3H3,(H,14,15). The summed E-state index contributed by atoms with van der Waals surface area (Å²) in [6.07, 6.45) is 0.925. The average Bonchev–Trinajstić information content (AvgIpc) is 2.35. The Morgan fingerprint density at radius 3 is 2.75 bits per heavy atom. The smallest absolute Gasteiger partial charge is 0.241 e. The van der Waals surface area contributed by atoms with Crippen LogP contribution < -0.4 is 16.0 Å². The average molecular weight is 222 g/mol. The lowest BCUT2D eigenvalue weighted by atomic mass is 9.96. The maximum absolute atomic E-state index is 11.5. The predicted molar refractivity (Wildman–Crippen MR) is 63.1 cm³/mol. The molecule has 0 aliphatic rings. The minimum atomic E-state index is -0.313. The van der Waals surface area contributed by atoms with Crippen molar-refractivity contribution in [3.63, 3.8) is 0 Å². The van der Waals surface area contributed by atoms with Gasteiger partial charge < -0.3 is 4.74 Å². The number of hydrogen-bond donors (Lipinski definition) is 2. The lowest BCUT2D eigenvalue weighted by Gasteiger charge is -2.15. The molecule has 0 radical (unpaired) electrons. The fraction of sp³-hybridized carbons (Fsp3) is 0.417. The molecule has 0 bridgehead atoms. The number of amides is 1. The molecule has 0 aliphatic carbocycles. The summed E-state index contributed by atoms with van der Waals surface area (Å²) < 4.78 is 5.24. The van der Waals surface area contributed by atoms with Crippen molar-refractivity contribution in [2.75, 3.05) is 7.11 Å². The molecule has 1 aromatic rings. The van der Waals surface area contributed by atoms with Gasteiger partial charge in [-0.1, -0.05) is 19.1 Å². The molecule has 0 spiro atoms. The zero-order valence-corrected chi connectivity index (χ0v) is 9.91. The van der Waals surface area contributed by atoms with Crippen molar-refractivity contribution < 1.29 is 9.53 Å². The van der Waals surface area contributed by atoms with Gasteiger partial charge in [0.2, 0.25) is 5.91 Å². The van der Waals surface area contributed by atoms with Gasteiger partial charge in [-0.2, -0.15) is 0 Å². The number of hydrogen-bond acceptors (Lipinski definition) is 3. The Morgan fingerprint density at radius 1 is 1.56 bits per heavy atom. The minimum absolute atomic E-state index is 0.216. The van der Waals surface area contributed by atoms with Crippen LogP contribution in [-0.2, 0) is 11.2 Å². The van der Waals surface area contributed by atoms with Crippen LogP contribution in [0.4, 0.5) is 0 Å². The van der Waals surface area contributed by atoms with E-state index in [9.17, 15) is 4.79 Å². The summed E-state index contributed by atoms with van der Waals surface area (Å²) in [6.45, 7) is 3.87. The van der Waals surface area contributed by atoms with E-state index in [4.69, 9.17) is 10.6 Å². The summed E-state index contributed by atoms with van der Waals surface area (Å²) in [6, 6.07) is 5.86. The maximum Gasteiger partial charge on any atom is 0.241 e. The van der Waals surface area contributed by atoms with Crippen LogP contribution in [0.1, 0.15) is 30.9 Å². The van der Waals surface area contributed by atoms with E-state index in [0.29, 0.717) is 5.75 Å². The molecular weight excluding hydrogens is 204 g/mol. The zero-order valence-electron chi connectivity index (χ0n) is 9.91. The van der Waals surface area contributed by atoms with Crippen LogP contribution in [-0.4, -0.2) is 13.0 Å². The Balaban J connectivity index is 3.12. The van der Waals surface area contributed by atoms with Gasteiger partial charge in [-0.3, -0.25) is 10.2 Å². The largest absolute Gasteiger partial charge is 0.496 e. The number of hydrazine groups is 1. The lowest BCUT2D eigenvalue weighted by molar-refractivity contribution is -0.122. The Hall–Kier alpha value is -1.55. The van der Waals surface area contributed by atoms with Gasteiger partial charge in [0.25, 0.3) is 0 Å². The highest BCUT2D eigenvalue weighted by Crippen LogP contribution is 2.27. The van der Waals surface area contributed by atoms with Gasteiger partial charge >= 0.3 is 0 Å². The van der Waals surface area contributed by atoms with E-state index in [1.807, 2.05) is 18.2 Å². The Kier molecular flexibility index (Phi) is 4.31. The van der Waals surface area contributed by atoms with Gasteiger partial charge in [-0.15, -0.1) is 0 Å². The highest BCUT2D eigenvalue weighted by atomic mass is 16.5. The number of carbonyl (C=O) groups excluding carboxylic acids is 1. The normalized spacial score (nSPS) is 12.0. The lowest BCUT2D eigenvalue weighted by Crippen LogP contribution is -2.33. The molecule has 0 aromatic heterocycles. The molecule has 1 aromatic carbocycles. The number of nitrogens with one attached hydrogen (secondary N) is 1. The first-order valence-electron chi connectivity index (χ1n) is 5.31. The second-order valence-corrected chi connectivity index (χ2v) is 3.66. The first-order valence-corrected chi connectivity index (χ1v) is 5.31. The molecule has 88 valence electrons. The quantitative estimate of drug-likeness (QED) is 0.459. The van der Waals surface area contributed by atoms with E-state index < -0.39 is 0 Å². The van der Waals surface area contributed by atoms with E-state index in [0.717, 1.165) is 12.0 Å². The first kappa shape index (κ1) is 12.5. The van der Waals surface area contributed by atoms with Gasteiger partial charge in [0.1, 0.15) is 5.75 Å². The monoisotopic (exact) mass is 222 g/mol. The van der Waals surface area contributed by atoms with Crippen molar-refractivity contribution in [3.05, 3.63) is 29.3 Å². The van der Waals surface area contributed by atoms with Gasteiger partial charge in [-0.25, -0.2) is 5.84 Å². The molecule has 4 heteroatoms. The molecule has 0 saturated heterocycles. The molecule has 16 heavy (non-hydrogen) atoms. The second-order valence-electron chi connectivity index (χ2n) is 3.66. The van der Waals surface area contributed by atoms with Crippen LogP contribution in [0.3, 0.4) is 0 Å². The van der Waals surface area contributed by atoms with E-state index in [1.165, 1.54) is 5.56 Å². The fourth-order valence-corrected chi connectivity index (χ4v) is 1.61. The zero-order chi connectivity index (χ0) is 12.1. The molecule has 3 N–H and O–H groups in total. The SMILES string of the molecule is CCc1ccc(OC)c(C(C)C(=O)NN)c1.